The van der Waals surface area contributed by atoms with Crippen LogP contribution in [0.2, 0.25) is 0 Å². The van der Waals surface area contributed by atoms with E-state index >= 15 is 0 Å². The van der Waals surface area contributed by atoms with Crippen LogP contribution in [-0.2, 0) is 4.74 Å². The molecule has 0 atom stereocenters. The molecule has 0 spiro atoms. The Bertz CT molecular complexity index is 500. The molecule has 2 aromatic rings. The summed E-state index contributed by atoms with van der Waals surface area (Å²) in [6.45, 7) is 4.54. The van der Waals surface area contributed by atoms with Crippen LogP contribution < -0.4 is 5.32 Å². The monoisotopic (exact) mass is 312 g/mol. The number of hydrogen-bond acceptors (Lipinski definition) is 4. The fourth-order valence-corrected chi connectivity index (χ4v) is 1.88. The number of aromatic nitrogens is 3. The third kappa shape index (κ3) is 3.68. The van der Waals surface area contributed by atoms with Crippen molar-refractivity contribution in [3.63, 3.8) is 0 Å². The van der Waals surface area contributed by atoms with E-state index in [1.54, 1.807) is 4.52 Å². The predicted molar refractivity (Wildman–Crippen MR) is 74.9 cm³/mol. The van der Waals surface area contributed by atoms with Gasteiger partial charge in [-0.3, -0.25) is 0 Å². The van der Waals surface area contributed by atoms with Crippen LogP contribution in [0, 0.1) is 0 Å². The lowest BCUT2D eigenvalue weighted by Crippen LogP contribution is -2.07. The van der Waals surface area contributed by atoms with Gasteiger partial charge >= 0.3 is 0 Å². The number of ether oxygens (including phenoxy) is 1. The Morgan fingerprint density at radius 1 is 1.39 bits per heavy atom. The molecule has 2 heterocycles. The third-order valence-electron chi connectivity index (χ3n) is 2.39. The summed E-state index contributed by atoms with van der Waals surface area (Å²) in [5.74, 6) is 0.656. The third-order valence-corrected chi connectivity index (χ3v) is 2.86. The standard InChI is InChI=1S/C12H17BrN4O/c1-2-7-18-8-3-6-14-12-15-11-5-4-10(13)9-17(11)16-12/h4-5,9H,2-3,6-8H2,1H3,(H,14,16). The molecule has 0 bridgehead atoms. The first-order valence-corrected chi connectivity index (χ1v) is 6.92. The van der Waals surface area contributed by atoms with E-state index in [0.717, 1.165) is 42.7 Å². The Morgan fingerprint density at radius 2 is 2.28 bits per heavy atom. The Kier molecular flexibility index (Phi) is 4.95. The predicted octanol–water partition coefficient (Wildman–Crippen LogP) is 2.72. The molecule has 0 unspecified atom stereocenters. The minimum Gasteiger partial charge on any atom is -0.381 e. The zero-order valence-electron chi connectivity index (χ0n) is 10.4. The van der Waals surface area contributed by atoms with Crippen LogP contribution in [0.1, 0.15) is 19.8 Å². The molecule has 18 heavy (non-hydrogen) atoms. The van der Waals surface area contributed by atoms with Crippen molar-refractivity contribution in [1.29, 1.82) is 0 Å². The summed E-state index contributed by atoms with van der Waals surface area (Å²) < 4.78 is 8.14. The van der Waals surface area contributed by atoms with Gasteiger partial charge in [-0.15, -0.1) is 5.10 Å². The van der Waals surface area contributed by atoms with Gasteiger partial charge in [-0.05, 0) is 40.9 Å². The van der Waals surface area contributed by atoms with Gasteiger partial charge in [-0.25, -0.2) is 4.52 Å². The maximum absolute atomic E-state index is 5.40. The number of pyridine rings is 1. The van der Waals surface area contributed by atoms with E-state index in [2.05, 4.69) is 38.3 Å². The second kappa shape index (κ2) is 6.70. The summed E-state index contributed by atoms with van der Waals surface area (Å²) in [7, 11) is 0. The summed E-state index contributed by atoms with van der Waals surface area (Å²) in [6, 6.07) is 3.87. The minimum atomic E-state index is 0.656. The minimum absolute atomic E-state index is 0.656. The lowest BCUT2D eigenvalue weighted by Gasteiger charge is -2.02. The fraction of sp³-hybridized carbons (Fsp3) is 0.500. The number of anilines is 1. The van der Waals surface area contributed by atoms with Crippen LogP contribution in [-0.4, -0.2) is 34.4 Å². The van der Waals surface area contributed by atoms with Crippen molar-refractivity contribution >= 4 is 27.5 Å². The van der Waals surface area contributed by atoms with Gasteiger partial charge in [0.2, 0.25) is 5.95 Å². The summed E-state index contributed by atoms with van der Waals surface area (Å²) in [4.78, 5) is 4.37. The molecule has 98 valence electrons. The highest BCUT2D eigenvalue weighted by atomic mass is 79.9. The highest BCUT2D eigenvalue weighted by Crippen LogP contribution is 2.11. The molecule has 6 heteroatoms. The van der Waals surface area contributed by atoms with E-state index in [1.165, 1.54) is 0 Å². The van der Waals surface area contributed by atoms with Crippen molar-refractivity contribution < 1.29 is 4.74 Å². The zero-order chi connectivity index (χ0) is 12.8. The maximum Gasteiger partial charge on any atom is 0.243 e. The molecule has 0 aliphatic carbocycles. The summed E-state index contributed by atoms with van der Waals surface area (Å²) in [5, 5.41) is 7.52. The van der Waals surface area contributed by atoms with Crippen molar-refractivity contribution in [2.45, 2.75) is 19.8 Å². The highest BCUT2D eigenvalue weighted by molar-refractivity contribution is 9.10. The van der Waals surface area contributed by atoms with Gasteiger partial charge in [0.25, 0.3) is 0 Å². The van der Waals surface area contributed by atoms with Gasteiger partial charge < -0.3 is 10.1 Å². The molecule has 2 rings (SSSR count). The van der Waals surface area contributed by atoms with E-state index in [0.29, 0.717) is 5.95 Å². The Labute approximate surface area is 115 Å². The van der Waals surface area contributed by atoms with Crippen LogP contribution in [0.4, 0.5) is 5.95 Å². The number of rotatable bonds is 7. The first-order valence-electron chi connectivity index (χ1n) is 6.13. The average Bonchev–Trinajstić information content (AvgIpc) is 2.75. The topological polar surface area (TPSA) is 51.5 Å². The van der Waals surface area contributed by atoms with Crippen molar-refractivity contribution in [2.75, 3.05) is 25.1 Å². The van der Waals surface area contributed by atoms with Crippen LogP contribution in [0.3, 0.4) is 0 Å². The SMILES string of the molecule is CCCOCCCNc1nc2ccc(Br)cn2n1. The Hall–Kier alpha value is -1.14. The summed E-state index contributed by atoms with van der Waals surface area (Å²) in [5.41, 5.74) is 0.836. The Morgan fingerprint density at radius 3 is 3.11 bits per heavy atom. The lowest BCUT2D eigenvalue weighted by atomic mass is 10.4. The van der Waals surface area contributed by atoms with E-state index in [-0.39, 0.29) is 0 Å². The number of nitrogens with zero attached hydrogens (tertiary/aromatic N) is 3. The van der Waals surface area contributed by atoms with Gasteiger partial charge in [0.15, 0.2) is 5.65 Å². The molecule has 0 aliphatic rings. The smallest absolute Gasteiger partial charge is 0.243 e. The molecule has 0 fully saturated rings. The second-order valence-corrected chi connectivity index (χ2v) is 4.89. The van der Waals surface area contributed by atoms with Gasteiger partial charge in [-0.1, -0.05) is 6.92 Å². The number of halogens is 1. The van der Waals surface area contributed by atoms with Crippen LogP contribution in [0.5, 0.6) is 0 Å². The lowest BCUT2D eigenvalue weighted by molar-refractivity contribution is 0.134. The second-order valence-electron chi connectivity index (χ2n) is 3.98. The number of nitrogens with one attached hydrogen (secondary N) is 1. The normalized spacial score (nSPS) is 11.0. The van der Waals surface area contributed by atoms with Crippen LogP contribution >= 0.6 is 15.9 Å². The van der Waals surface area contributed by atoms with Gasteiger partial charge in [0.05, 0.1) is 0 Å². The molecule has 0 radical (unpaired) electrons. The van der Waals surface area contributed by atoms with Crippen LogP contribution in [0.25, 0.3) is 5.65 Å². The van der Waals surface area contributed by atoms with Crippen molar-refractivity contribution in [3.8, 4) is 0 Å². The molecular weight excluding hydrogens is 296 g/mol. The molecule has 0 aromatic carbocycles. The first-order chi connectivity index (χ1) is 8.79. The van der Waals surface area contributed by atoms with Crippen molar-refractivity contribution in [1.82, 2.24) is 14.6 Å². The molecule has 5 nitrogen and oxygen atoms in total. The molecule has 0 amide bonds. The summed E-state index contributed by atoms with van der Waals surface area (Å²) in [6.07, 6.45) is 3.91. The average molecular weight is 313 g/mol. The molecule has 0 saturated carbocycles. The van der Waals surface area contributed by atoms with Crippen molar-refractivity contribution in [3.05, 3.63) is 22.8 Å². The molecule has 0 saturated heterocycles. The summed E-state index contributed by atoms with van der Waals surface area (Å²) >= 11 is 3.40. The van der Waals surface area contributed by atoms with Crippen molar-refractivity contribution in [2.24, 2.45) is 0 Å². The van der Waals surface area contributed by atoms with E-state index in [4.69, 9.17) is 4.74 Å². The highest BCUT2D eigenvalue weighted by Gasteiger charge is 2.02. The molecular formula is C12H17BrN4O. The Balaban J connectivity index is 1.81. The van der Waals surface area contributed by atoms with E-state index < -0.39 is 0 Å². The fourth-order valence-electron chi connectivity index (χ4n) is 1.55. The molecule has 0 aliphatic heterocycles. The zero-order valence-corrected chi connectivity index (χ0v) is 12.0. The maximum atomic E-state index is 5.40. The first kappa shape index (κ1) is 13.3. The van der Waals surface area contributed by atoms with Gasteiger partial charge in [-0.2, -0.15) is 4.98 Å². The molecule has 2 aromatic heterocycles. The van der Waals surface area contributed by atoms with Gasteiger partial charge in [0, 0.05) is 30.4 Å². The van der Waals surface area contributed by atoms with E-state index in [1.807, 2.05) is 18.3 Å². The number of hydrogen-bond donors (Lipinski definition) is 1. The molecule has 1 N–H and O–H groups in total. The van der Waals surface area contributed by atoms with Gasteiger partial charge in [0.1, 0.15) is 0 Å². The van der Waals surface area contributed by atoms with Crippen LogP contribution in [0.15, 0.2) is 22.8 Å². The quantitative estimate of drug-likeness (QED) is 0.799. The largest absolute Gasteiger partial charge is 0.381 e. The number of fused-ring (bicyclic) bond motifs is 1. The van der Waals surface area contributed by atoms with E-state index in [9.17, 15) is 0 Å².